The van der Waals surface area contributed by atoms with Gasteiger partial charge in [-0.2, -0.15) is 0 Å². The van der Waals surface area contributed by atoms with Gasteiger partial charge in [-0.3, -0.25) is 19.2 Å². The lowest BCUT2D eigenvalue weighted by atomic mass is 9.87. The van der Waals surface area contributed by atoms with E-state index < -0.39 is 10.8 Å². The van der Waals surface area contributed by atoms with Gasteiger partial charge in [0.1, 0.15) is 24.9 Å². The lowest BCUT2D eigenvalue weighted by molar-refractivity contribution is -0.170. The third kappa shape index (κ3) is 4.79. The zero-order chi connectivity index (χ0) is 23.8. The van der Waals surface area contributed by atoms with Gasteiger partial charge in [0, 0.05) is 11.8 Å². The van der Waals surface area contributed by atoms with Crippen LogP contribution in [-0.2, 0) is 38.1 Å². The first-order valence-corrected chi connectivity index (χ1v) is 11.7. The highest BCUT2D eigenvalue weighted by atomic mass is 16.6. The summed E-state index contributed by atoms with van der Waals surface area (Å²) in [4.78, 5) is 46.0. The summed E-state index contributed by atoms with van der Waals surface area (Å²) in [6, 6.07) is 0. The van der Waals surface area contributed by atoms with Gasteiger partial charge >= 0.3 is 23.9 Å². The van der Waals surface area contributed by atoms with E-state index in [4.69, 9.17) is 18.9 Å². The molecule has 0 aromatic rings. The quantitative estimate of drug-likeness (QED) is 0.447. The summed E-state index contributed by atoms with van der Waals surface area (Å²) in [7, 11) is 0. The fourth-order valence-electron chi connectivity index (χ4n) is 4.51. The Morgan fingerprint density at radius 3 is 2.09 bits per heavy atom. The maximum Gasteiger partial charge on any atom is 0.311 e. The second-order valence-electron chi connectivity index (χ2n) is 10.7. The normalized spacial score (nSPS) is 32.7. The molecular formula is C24H36O8. The Labute approximate surface area is 189 Å². The summed E-state index contributed by atoms with van der Waals surface area (Å²) in [6.45, 7) is 11.5. The molecule has 0 aromatic heterocycles. The summed E-state index contributed by atoms with van der Waals surface area (Å²) in [5, 5.41) is 0. The molecule has 2 saturated carbocycles. The molecule has 2 bridgehead atoms. The summed E-state index contributed by atoms with van der Waals surface area (Å²) in [5.41, 5.74) is -0.935. The SMILES string of the molecule is CCC(C)(C)C(=O)OC1C2CC3C(=O)OC1C3C2.CCC(C)(C)C(=O)OC1COC(=O)C1. The minimum Gasteiger partial charge on any atom is -0.462 e. The van der Waals surface area contributed by atoms with Gasteiger partial charge in [0.15, 0.2) is 0 Å². The summed E-state index contributed by atoms with van der Waals surface area (Å²) < 4.78 is 20.9. The van der Waals surface area contributed by atoms with E-state index >= 15 is 0 Å². The van der Waals surface area contributed by atoms with E-state index in [1.807, 2.05) is 41.5 Å². The standard InChI is InChI=1S/C14H20O4.C10H16O4/c1-4-14(2,3)13(16)18-10-7-5-8-9(6-7)12(15)17-11(8)10;1-4-10(2,3)9(12)14-7-5-8(11)13-6-7/h7-11H,4-6H2,1-3H3;7H,4-6H2,1-3H3. The summed E-state index contributed by atoms with van der Waals surface area (Å²) >= 11 is 0. The summed E-state index contributed by atoms with van der Waals surface area (Å²) in [6.07, 6.45) is 2.71. The van der Waals surface area contributed by atoms with Crippen molar-refractivity contribution in [2.45, 2.75) is 92.0 Å². The van der Waals surface area contributed by atoms with Crippen molar-refractivity contribution in [1.29, 1.82) is 0 Å². The van der Waals surface area contributed by atoms with Crippen LogP contribution in [0.15, 0.2) is 0 Å². The van der Waals surface area contributed by atoms with Crippen LogP contribution in [0.5, 0.6) is 0 Å². The van der Waals surface area contributed by atoms with Crippen molar-refractivity contribution < 1.29 is 38.1 Å². The fraction of sp³-hybridized carbons (Fsp3) is 0.833. The molecule has 2 aliphatic carbocycles. The monoisotopic (exact) mass is 452 g/mol. The zero-order valence-electron chi connectivity index (χ0n) is 20.0. The van der Waals surface area contributed by atoms with E-state index in [-0.39, 0.29) is 61.1 Å². The van der Waals surface area contributed by atoms with Crippen LogP contribution in [0.25, 0.3) is 0 Å². The average molecular weight is 453 g/mol. The number of carbonyl (C=O) groups is 4. The highest BCUT2D eigenvalue weighted by molar-refractivity contribution is 5.79. The number of hydrogen-bond donors (Lipinski definition) is 0. The van der Waals surface area contributed by atoms with E-state index in [0.717, 1.165) is 19.3 Å². The van der Waals surface area contributed by atoms with Crippen molar-refractivity contribution >= 4 is 23.9 Å². The van der Waals surface area contributed by atoms with Crippen LogP contribution in [0, 0.1) is 28.6 Å². The Balaban J connectivity index is 0.000000188. The van der Waals surface area contributed by atoms with Gasteiger partial charge in [0.2, 0.25) is 0 Å². The van der Waals surface area contributed by atoms with E-state index in [0.29, 0.717) is 18.3 Å². The second-order valence-corrected chi connectivity index (χ2v) is 10.7. The number of esters is 4. The van der Waals surface area contributed by atoms with Crippen LogP contribution in [-0.4, -0.2) is 48.8 Å². The third-order valence-electron chi connectivity index (χ3n) is 7.63. The van der Waals surface area contributed by atoms with Crippen molar-refractivity contribution in [2.24, 2.45) is 28.6 Å². The first-order chi connectivity index (χ1) is 14.9. The molecule has 6 unspecified atom stereocenters. The molecule has 2 heterocycles. The number of hydrogen-bond acceptors (Lipinski definition) is 8. The van der Waals surface area contributed by atoms with E-state index in [2.05, 4.69) is 0 Å². The molecule has 32 heavy (non-hydrogen) atoms. The van der Waals surface area contributed by atoms with Crippen LogP contribution in [0.3, 0.4) is 0 Å². The van der Waals surface area contributed by atoms with Gasteiger partial charge in [0.05, 0.1) is 23.2 Å². The van der Waals surface area contributed by atoms with E-state index in [1.54, 1.807) is 0 Å². The third-order valence-corrected chi connectivity index (χ3v) is 7.63. The molecule has 180 valence electrons. The summed E-state index contributed by atoms with van der Waals surface area (Å²) in [5.74, 6) is -0.101. The number of cyclic esters (lactones) is 1. The maximum atomic E-state index is 12.1. The molecule has 0 radical (unpaired) electrons. The van der Waals surface area contributed by atoms with Crippen LogP contribution in [0.1, 0.15) is 73.6 Å². The lowest BCUT2D eigenvalue weighted by Crippen LogP contribution is -2.39. The van der Waals surface area contributed by atoms with Gasteiger partial charge in [-0.25, -0.2) is 0 Å². The number of ether oxygens (including phenoxy) is 4. The van der Waals surface area contributed by atoms with Crippen molar-refractivity contribution in [3.05, 3.63) is 0 Å². The topological polar surface area (TPSA) is 105 Å². The molecule has 4 aliphatic rings. The van der Waals surface area contributed by atoms with Gasteiger partial charge in [-0.15, -0.1) is 0 Å². The number of rotatable bonds is 6. The smallest absolute Gasteiger partial charge is 0.311 e. The molecule has 2 saturated heterocycles. The molecule has 4 rings (SSSR count). The zero-order valence-corrected chi connectivity index (χ0v) is 20.0. The Morgan fingerprint density at radius 1 is 0.969 bits per heavy atom. The first kappa shape index (κ1) is 24.5. The molecular weight excluding hydrogens is 416 g/mol. The van der Waals surface area contributed by atoms with Gasteiger partial charge < -0.3 is 18.9 Å². The van der Waals surface area contributed by atoms with Crippen LogP contribution < -0.4 is 0 Å². The van der Waals surface area contributed by atoms with Crippen molar-refractivity contribution in [3.8, 4) is 0 Å². The second kappa shape index (κ2) is 9.02. The maximum absolute atomic E-state index is 12.1. The molecule has 0 spiro atoms. The molecule has 2 aliphatic heterocycles. The van der Waals surface area contributed by atoms with E-state index in [1.165, 1.54) is 0 Å². The highest BCUT2D eigenvalue weighted by Gasteiger charge is 2.63. The van der Waals surface area contributed by atoms with Crippen LogP contribution >= 0.6 is 0 Å². The van der Waals surface area contributed by atoms with Crippen LogP contribution in [0.2, 0.25) is 0 Å². The molecule has 8 heteroatoms. The predicted octanol–water partition coefficient (Wildman–Crippen LogP) is 3.20. The minimum absolute atomic E-state index is 0.0779. The Kier molecular flexibility index (Phi) is 6.91. The Bertz CT molecular complexity index is 770. The Hall–Kier alpha value is -2.12. The molecule has 8 nitrogen and oxygen atoms in total. The number of fused-ring (bicyclic) bond motifs is 1. The van der Waals surface area contributed by atoms with Gasteiger partial charge in [-0.05, 0) is 53.4 Å². The molecule has 4 fully saturated rings. The van der Waals surface area contributed by atoms with E-state index in [9.17, 15) is 19.2 Å². The van der Waals surface area contributed by atoms with Crippen molar-refractivity contribution in [2.75, 3.05) is 6.61 Å². The molecule has 0 amide bonds. The van der Waals surface area contributed by atoms with Crippen molar-refractivity contribution in [3.63, 3.8) is 0 Å². The van der Waals surface area contributed by atoms with Gasteiger partial charge in [0.25, 0.3) is 0 Å². The Morgan fingerprint density at radius 2 is 1.56 bits per heavy atom. The molecule has 0 N–H and O–H groups in total. The minimum atomic E-state index is -0.481. The first-order valence-electron chi connectivity index (χ1n) is 11.7. The predicted molar refractivity (Wildman–Crippen MR) is 113 cm³/mol. The highest BCUT2D eigenvalue weighted by Crippen LogP contribution is 2.55. The van der Waals surface area contributed by atoms with Crippen LogP contribution in [0.4, 0.5) is 0 Å². The molecule has 0 aromatic carbocycles. The van der Waals surface area contributed by atoms with Gasteiger partial charge in [-0.1, -0.05) is 13.8 Å². The fourth-order valence-corrected chi connectivity index (χ4v) is 4.51. The largest absolute Gasteiger partial charge is 0.462 e. The molecule has 6 atom stereocenters. The lowest BCUT2D eigenvalue weighted by Gasteiger charge is -2.29. The average Bonchev–Trinajstić information content (AvgIpc) is 3.47. The number of carbonyl (C=O) groups excluding carboxylic acids is 4. The van der Waals surface area contributed by atoms with Crippen molar-refractivity contribution in [1.82, 2.24) is 0 Å².